The highest BCUT2D eigenvalue weighted by molar-refractivity contribution is 5.33. The van der Waals surface area contributed by atoms with E-state index in [0.29, 0.717) is 6.04 Å². The molecule has 0 amide bonds. The molecule has 0 spiro atoms. The molecule has 1 atom stereocenters. The van der Waals surface area contributed by atoms with Crippen molar-refractivity contribution >= 4 is 0 Å². The standard InChI is InChI=1S/C16H25N/c1-4-17-16(14-7-5-6-8-14)15-10-9-12(2)11-13(15)3/h9-11,14,16-17H,4-8H2,1-3H3. The van der Waals surface area contributed by atoms with Crippen molar-refractivity contribution < 1.29 is 0 Å². The third-order valence-electron chi connectivity index (χ3n) is 4.06. The lowest BCUT2D eigenvalue weighted by atomic mass is 9.88. The Balaban J connectivity index is 2.24. The molecule has 94 valence electrons. The summed E-state index contributed by atoms with van der Waals surface area (Å²) in [7, 11) is 0. The molecular formula is C16H25N. The third-order valence-corrected chi connectivity index (χ3v) is 4.06. The fourth-order valence-corrected chi connectivity index (χ4v) is 3.22. The largest absolute Gasteiger partial charge is 0.310 e. The van der Waals surface area contributed by atoms with E-state index in [4.69, 9.17) is 0 Å². The normalized spacial score (nSPS) is 18.5. The number of hydrogen-bond acceptors (Lipinski definition) is 1. The average molecular weight is 231 g/mol. The first-order valence-corrected chi connectivity index (χ1v) is 7.03. The maximum Gasteiger partial charge on any atom is 0.0351 e. The van der Waals surface area contributed by atoms with Gasteiger partial charge in [-0.15, -0.1) is 0 Å². The number of benzene rings is 1. The number of rotatable bonds is 4. The molecule has 1 nitrogen and oxygen atoms in total. The van der Waals surface area contributed by atoms with Crippen LogP contribution < -0.4 is 5.32 Å². The molecule has 2 rings (SSSR count). The summed E-state index contributed by atoms with van der Waals surface area (Å²) in [6.07, 6.45) is 5.62. The van der Waals surface area contributed by atoms with E-state index in [9.17, 15) is 0 Å². The molecule has 0 radical (unpaired) electrons. The first-order chi connectivity index (χ1) is 8.22. The molecule has 1 fully saturated rings. The molecule has 1 saturated carbocycles. The molecule has 1 aromatic rings. The molecule has 0 heterocycles. The van der Waals surface area contributed by atoms with Gasteiger partial charge in [-0.25, -0.2) is 0 Å². The predicted octanol–water partition coefficient (Wildman–Crippen LogP) is 4.14. The van der Waals surface area contributed by atoms with Gasteiger partial charge in [0.2, 0.25) is 0 Å². The Morgan fingerprint density at radius 2 is 1.94 bits per heavy atom. The van der Waals surface area contributed by atoms with E-state index in [1.165, 1.54) is 42.4 Å². The fourth-order valence-electron chi connectivity index (χ4n) is 3.22. The zero-order valence-electron chi connectivity index (χ0n) is 11.4. The van der Waals surface area contributed by atoms with E-state index >= 15 is 0 Å². The van der Waals surface area contributed by atoms with E-state index in [-0.39, 0.29) is 0 Å². The summed E-state index contributed by atoms with van der Waals surface area (Å²) < 4.78 is 0. The van der Waals surface area contributed by atoms with Gasteiger partial charge in [-0.2, -0.15) is 0 Å². The van der Waals surface area contributed by atoms with E-state index in [0.717, 1.165) is 12.5 Å². The van der Waals surface area contributed by atoms with Crippen LogP contribution in [0.3, 0.4) is 0 Å². The average Bonchev–Trinajstić information content (AvgIpc) is 2.80. The van der Waals surface area contributed by atoms with Crippen LogP contribution in [-0.2, 0) is 0 Å². The van der Waals surface area contributed by atoms with Gasteiger partial charge in [-0.05, 0) is 50.3 Å². The summed E-state index contributed by atoms with van der Waals surface area (Å²) in [5.41, 5.74) is 4.33. The summed E-state index contributed by atoms with van der Waals surface area (Å²) in [6, 6.07) is 7.47. The van der Waals surface area contributed by atoms with Crippen LogP contribution in [0.2, 0.25) is 0 Å². The van der Waals surface area contributed by atoms with Crippen LogP contribution in [0.4, 0.5) is 0 Å². The van der Waals surface area contributed by atoms with Crippen molar-refractivity contribution in [3.05, 3.63) is 34.9 Å². The minimum absolute atomic E-state index is 0.572. The quantitative estimate of drug-likeness (QED) is 0.821. The monoisotopic (exact) mass is 231 g/mol. The highest BCUT2D eigenvalue weighted by atomic mass is 14.9. The Kier molecular flexibility index (Phi) is 4.22. The van der Waals surface area contributed by atoms with Gasteiger partial charge in [-0.3, -0.25) is 0 Å². The Hall–Kier alpha value is -0.820. The van der Waals surface area contributed by atoms with Crippen molar-refractivity contribution in [2.45, 2.75) is 52.5 Å². The second kappa shape index (κ2) is 5.68. The highest BCUT2D eigenvalue weighted by Gasteiger charge is 2.26. The topological polar surface area (TPSA) is 12.0 Å². The second-order valence-electron chi connectivity index (χ2n) is 5.44. The maximum absolute atomic E-state index is 3.70. The first kappa shape index (κ1) is 12.6. The Bertz CT molecular complexity index is 364. The van der Waals surface area contributed by atoms with Crippen molar-refractivity contribution in [2.24, 2.45) is 5.92 Å². The Labute approximate surface area is 106 Å². The van der Waals surface area contributed by atoms with Crippen LogP contribution in [-0.4, -0.2) is 6.54 Å². The van der Waals surface area contributed by atoms with Gasteiger partial charge in [0, 0.05) is 6.04 Å². The lowest BCUT2D eigenvalue weighted by Crippen LogP contribution is -2.27. The summed E-state index contributed by atoms with van der Waals surface area (Å²) in [5, 5.41) is 3.70. The number of hydrogen-bond donors (Lipinski definition) is 1. The van der Waals surface area contributed by atoms with Crippen LogP contribution in [0, 0.1) is 19.8 Å². The van der Waals surface area contributed by atoms with E-state index in [1.807, 2.05) is 0 Å². The van der Waals surface area contributed by atoms with E-state index in [1.54, 1.807) is 0 Å². The summed E-state index contributed by atoms with van der Waals surface area (Å²) in [6.45, 7) is 7.70. The van der Waals surface area contributed by atoms with Crippen LogP contribution in [0.15, 0.2) is 18.2 Å². The van der Waals surface area contributed by atoms with Crippen LogP contribution in [0.5, 0.6) is 0 Å². The first-order valence-electron chi connectivity index (χ1n) is 7.03. The van der Waals surface area contributed by atoms with Gasteiger partial charge in [0.25, 0.3) is 0 Å². The van der Waals surface area contributed by atoms with Gasteiger partial charge in [0.05, 0.1) is 0 Å². The van der Waals surface area contributed by atoms with Gasteiger partial charge >= 0.3 is 0 Å². The zero-order chi connectivity index (χ0) is 12.3. The van der Waals surface area contributed by atoms with Crippen molar-refractivity contribution in [3.8, 4) is 0 Å². The van der Waals surface area contributed by atoms with Crippen LogP contribution in [0.25, 0.3) is 0 Å². The molecule has 0 aliphatic heterocycles. The molecule has 17 heavy (non-hydrogen) atoms. The minimum Gasteiger partial charge on any atom is -0.310 e. The van der Waals surface area contributed by atoms with Crippen molar-refractivity contribution in [1.29, 1.82) is 0 Å². The van der Waals surface area contributed by atoms with Crippen molar-refractivity contribution in [1.82, 2.24) is 5.32 Å². The molecule has 1 aromatic carbocycles. The highest BCUT2D eigenvalue weighted by Crippen LogP contribution is 2.36. The second-order valence-corrected chi connectivity index (χ2v) is 5.44. The molecule has 0 saturated heterocycles. The number of aryl methyl sites for hydroxylation is 2. The third kappa shape index (κ3) is 2.90. The maximum atomic E-state index is 3.70. The van der Waals surface area contributed by atoms with Gasteiger partial charge in [-0.1, -0.05) is 43.5 Å². The zero-order valence-corrected chi connectivity index (χ0v) is 11.4. The SMILES string of the molecule is CCNC(c1ccc(C)cc1C)C1CCCC1. The van der Waals surface area contributed by atoms with Gasteiger partial charge in [0.15, 0.2) is 0 Å². The lowest BCUT2D eigenvalue weighted by Gasteiger charge is -2.26. The molecule has 1 N–H and O–H groups in total. The van der Waals surface area contributed by atoms with E-state index in [2.05, 4.69) is 44.3 Å². The Morgan fingerprint density at radius 1 is 1.24 bits per heavy atom. The lowest BCUT2D eigenvalue weighted by molar-refractivity contribution is 0.373. The predicted molar refractivity (Wildman–Crippen MR) is 74.3 cm³/mol. The summed E-state index contributed by atoms with van der Waals surface area (Å²) in [4.78, 5) is 0. The smallest absolute Gasteiger partial charge is 0.0351 e. The van der Waals surface area contributed by atoms with Gasteiger partial charge < -0.3 is 5.32 Å². The Morgan fingerprint density at radius 3 is 2.53 bits per heavy atom. The fraction of sp³-hybridized carbons (Fsp3) is 0.625. The molecule has 0 aromatic heterocycles. The molecule has 1 aliphatic rings. The van der Waals surface area contributed by atoms with Crippen molar-refractivity contribution in [3.63, 3.8) is 0 Å². The number of nitrogens with one attached hydrogen (secondary N) is 1. The van der Waals surface area contributed by atoms with Crippen LogP contribution >= 0.6 is 0 Å². The molecule has 1 unspecified atom stereocenters. The van der Waals surface area contributed by atoms with Crippen molar-refractivity contribution in [2.75, 3.05) is 6.54 Å². The van der Waals surface area contributed by atoms with Crippen LogP contribution in [0.1, 0.15) is 55.3 Å². The van der Waals surface area contributed by atoms with Gasteiger partial charge in [0.1, 0.15) is 0 Å². The van der Waals surface area contributed by atoms with E-state index < -0.39 is 0 Å². The molecule has 1 heteroatoms. The summed E-state index contributed by atoms with van der Waals surface area (Å²) in [5.74, 6) is 0.844. The minimum atomic E-state index is 0.572. The molecular weight excluding hydrogens is 206 g/mol. The summed E-state index contributed by atoms with van der Waals surface area (Å²) >= 11 is 0. The molecule has 1 aliphatic carbocycles. The molecule has 0 bridgehead atoms.